The van der Waals surface area contributed by atoms with Crippen molar-refractivity contribution in [2.45, 2.75) is 39.0 Å². The highest BCUT2D eigenvalue weighted by molar-refractivity contribution is 5.72. The number of rotatable bonds is 5. The average Bonchev–Trinajstić information content (AvgIpc) is 3.42. The molecule has 3 heterocycles. The lowest BCUT2D eigenvalue weighted by Gasteiger charge is -2.15. The average molecular weight is 416 g/mol. The van der Waals surface area contributed by atoms with Crippen LogP contribution in [0.1, 0.15) is 24.0 Å². The van der Waals surface area contributed by atoms with Crippen molar-refractivity contribution in [1.82, 2.24) is 18.7 Å². The smallest absolute Gasteiger partial charge is 0.337 e. The Hall–Kier alpha value is -3.45. The molecule has 0 unspecified atom stereocenters. The predicted octanol–water partition coefficient (Wildman–Crippen LogP) is 2.88. The minimum absolute atomic E-state index is 0.125. The Balaban J connectivity index is 1.72. The lowest BCUT2D eigenvalue weighted by Crippen LogP contribution is -2.42. The third-order valence-electron chi connectivity index (χ3n) is 5.76. The second-order valence-electron chi connectivity index (χ2n) is 8.04. The highest BCUT2D eigenvalue weighted by atomic mass is 16.5. The molecule has 1 aliphatic heterocycles. The van der Waals surface area contributed by atoms with E-state index in [1.165, 1.54) is 9.13 Å². The molecule has 2 aromatic heterocycles. The van der Waals surface area contributed by atoms with E-state index in [4.69, 9.17) is 4.74 Å². The number of fused-ring (bicyclic) bond motifs is 1. The predicted molar refractivity (Wildman–Crippen MR) is 119 cm³/mol. The van der Waals surface area contributed by atoms with Crippen molar-refractivity contribution in [3.63, 3.8) is 0 Å². The van der Waals surface area contributed by atoms with Crippen LogP contribution in [-0.4, -0.2) is 31.4 Å². The first-order valence-electron chi connectivity index (χ1n) is 10.5. The van der Waals surface area contributed by atoms with Crippen LogP contribution in [0.3, 0.4) is 0 Å². The van der Waals surface area contributed by atoms with Crippen molar-refractivity contribution in [3.8, 4) is 5.69 Å². The van der Waals surface area contributed by atoms with Gasteiger partial charge in [0.15, 0.2) is 11.2 Å². The van der Waals surface area contributed by atoms with Crippen LogP contribution in [0, 0.1) is 6.92 Å². The van der Waals surface area contributed by atoms with E-state index in [1.807, 2.05) is 60.0 Å². The zero-order chi connectivity index (χ0) is 21.4. The molecule has 0 radical (unpaired) electrons. The van der Waals surface area contributed by atoms with Crippen molar-refractivity contribution >= 4 is 11.2 Å². The van der Waals surface area contributed by atoms with Crippen molar-refractivity contribution in [2.75, 3.05) is 6.61 Å². The molecule has 7 heteroatoms. The summed E-state index contributed by atoms with van der Waals surface area (Å²) in [7, 11) is 0. The highest BCUT2D eigenvalue weighted by Gasteiger charge is 2.23. The summed E-state index contributed by atoms with van der Waals surface area (Å²) < 4.78 is 10.4. The van der Waals surface area contributed by atoms with E-state index < -0.39 is 0 Å². The molecule has 0 bridgehead atoms. The molecule has 0 spiro atoms. The topological polar surface area (TPSA) is 71.1 Å². The van der Waals surface area contributed by atoms with E-state index in [2.05, 4.69) is 11.1 Å². The number of hydrogen-bond acceptors (Lipinski definition) is 4. The molecule has 2 aromatic carbocycles. The molecule has 5 rings (SSSR count). The van der Waals surface area contributed by atoms with Crippen LogP contribution in [0.4, 0.5) is 0 Å². The van der Waals surface area contributed by atoms with Gasteiger partial charge in [-0.3, -0.25) is 9.36 Å². The highest BCUT2D eigenvalue weighted by Crippen LogP contribution is 2.17. The molecule has 7 nitrogen and oxygen atoms in total. The molecule has 1 aliphatic rings. The van der Waals surface area contributed by atoms with Gasteiger partial charge in [0.25, 0.3) is 5.56 Å². The molecular weight excluding hydrogens is 392 g/mol. The van der Waals surface area contributed by atoms with Crippen molar-refractivity contribution in [2.24, 2.45) is 0 Å². The number of para-hydroxylation sites is 1. The number of aromatic nitrogens is 4. The summed E-state index contributed by atoms with van der Waals surface area (Å²) in [6.45, 7) is 3.45. The maximum atomic E-state index is 13.5. The quantitative estimate of drug-likeness (QED) is 0.502. The molecule has 1 atom stereocenters. The van der Waals surface area contributed by atoms with Gasteiger partial charge in [-0.1, -0.05) is 48.0 Å². The minimum Gasteiger partial charge on any atom is -0.376 e. The maximum absolute atomic E-state index is 13.5. The van der Waals surface area contributed by atoms with Crippen LogP contribution in [0.25, 0.3) is 16.9 Å². The van der Waals surface area contributed by atoms with E-state index >= 15 is 0 Å². The summed E-state index contributed by atoms with van der Waals surface area (Å²) in [6.07, 6.45) is 3.31. The zero-order valence-corrected chi connectivity index (χ0v) is 17.4. The van der Waals surface area contributed by atoms with Gasteiger partial charge in [-0.15, -0.1) is 0 Å². The summed E-state index contributed by atoms with van der Waals surface area (Å²) in [5.41, 5.74) is 2.98. The van der Waals surface area contributed by atoms with Crippen LogP contribution in [0.5, 0.6) is 0 Å². The van der Waals surface area contributed by atoms with Gasteiger partial charge in [-0.05, 0) is 37.5 Å². The van der Waals surface area contributed by atoms with Gasteiger partial charge < -0.3 is 9.30 Å². The molecule has 0 amide bonds. The molecule has 0 aliphatic carbocycles. The monoisotopic (exact) mass is 416 g/mol. The largest absolute Gasteiger partial charge is 0.376 e. The van der Waals surface area contributed by atoms with Crippen LogP contribution in [-0.2, 0) is 17.8 Å². The number of imidazole rings is 1. The van der Waals surface area contributed by atoms with Crippen LogP contribution < -0.4 is 11.2 Å². The number of benzene rings is 2. The van der Waals surface area contributed by atoms with E-state index in [1.54, 1.807) is 6.33 Å². The lowest BCUT2D eigenvalue weighted by molar-refractivity contribution is 0.0950. The number of ether oxygens (including phenoxy) is 1. The summed E-state index contributed by atoms with van der Waals surface area (Å²) in [5, 5.41) is 0. The fourth-order valence-corrected chi connectivity index (χ4v) is 4.27. The Morgan fingerprint density at radius 1 is 1.10 bits per heavy atom. The van der Waals surface area contributed by atoms with Crippen molar-refractivity contribution < 1.29 is 4.74 Å². The first-order valence-corrected chi connectivity index (χ1v) is 10.5. The molecule has 4 aromatic rings. The normalized spacial score (nSPS) is 16.2. The third-order valence-corrected chi connectivity index (χ3v) is 5.76. The summed E-state index contributed by atoms with van der Waals surface area (Å²) in [4.78, 5) is 31.4. The molecule has 0 N–H and O–H groups in total. The number of nitrogens with zero attached hydrogens (tertiary/aromatic N) is 4. The zero-order valence-electron chi connectivity index (χ0n) is 17.4. The number of aryl methyl sites for hydroxylation is 1. The standard InChI is InChI=1S/C24H24N4O3/c1-17-7-5-8-18(13-17)14-26-16-25-22-21(26)23(29)27(15-20-11-6-12-31-20)24(30)28(22)19-9-3-2-4-10-19/h2-5,7-10,13,16,20H,6,11-12,14-15H2,1H3/t20-/m0/s1. The van der Waals surface area contributed by atoms with Gasteiger partial charge in [0.2, 0.25) is 0 Å². The van der Waals surface area contributed by atoms with E-state index in [0.29, 0.717) is 30.0 Å². The van der Waals surface area contributed by atoms with E-state index in [0.717, 1.165) is 24.0 Å². The Morgan fingerprint density at radius 3 is 2.68 bits per heavy atom. The Labute approximate surface area is 179 Å². The van der Waals surface area contributed by atoms with E-state index in [9.17, 15) is 9.59 Å². The fourth-order valence-electron chi connectivity index (χ4n) is 4.27. The van der Waals surface area contributed by atoms with Crippen LogP contribution in [0.2, 0.25) is 0 Å². The molecule has 1 fully saturated rings. The maximum Gasteiger partial charge on any atom is 0.337 e. The molecule has 158 valence electrons. The first kappa shape index (κ1) is 19.5. The SMILES string of the molecule is Cc1cccc(Cn2cnc3c2c(=O)n(C[C@@H]2CCCO2)c(=O)n3-c2ccccc2)c1. The minimum atomic E-state index is -0.389. The number of hydrogen-bond donors (Lipinski definition) is 0. The van der Waals surface area contributed by atoms with Gasteiger partial charge in [0, 0.05) is 13.2 Å². The van der Waals surface area contributed by atoms with Crippen molar-refractivity contribution in [3.05, 3.63) is 92.9 Å². The Bertz CT molecular complexity index is 1350. The van der Waals surface area contributed by atoms with Gasteiger partial charge in [0.05, 0.1) is 24.7 Å². The van der Waals surface area contributed by atoms with Gasteiger partial charge >= 0.3 is 5.69 Å². The third kappa shape index (κ3) is 3.61. The van der Waals surface area contributed by atoms with Gasteiger partial charge in [-0.2, -0.15) is 0 Å². The Kier molecular flexibility index (Phi) is 5.03. The summed E-state index contributed by atoms with van der Waals surface area (Å²) in [5.74, 6) is 0. The fraction of sp³-hybridized carbons (Fsp3) is 0.292. The Morgan fingerprint density at radius 2 is 1.94 bits per heavy atom. The summed E-state index contributed by atoms with van der Waals surface area (Å²) in [6, 6.07) is 17.5. The molecular formula is C24H24N4O3. The second kappa shape index (κ2) is 8.00. The van der Waals surface area contributed by atoms with Crippen molar-refractivity contribution in [1.29, 1.82) is 0 Å². The van der Waals surface area contributed by atoms with Gasteiger partial charge in [-0.25, -0.2) is 14.3 Å². The van der Waals surface area contributed by atoms with Gasteiger partial charge in [0.1, 0.15) is 0 Å². The lowest BCUT2D eigenvalue weighted by atomic mass is 10.1. The summed E-state index contributed by atoms with van der Waals surface area (Å²) >= 11 is 0. The van der Waals surface area contributed by atoms with Crippen LogP contribution >= 0.6 is 0 Å². The molecule has 31 heavy (non-hydrogen) atoms. The second-order valence-corrected chi connectivity index (χ2v) is 8.04. The first-order chi connectivity index (χ1) is 15.1. The molecule has 1 saturated heterocycles. The van der Waals surface area contributed by atoms with E-state index in [-0.39, 0.29) is 23.9 Å². The molecule has 0 saturated carbocycles. The van der Waals surface area contributed by atoms with Crippen LogP contribution in [0.15, 0.2) is 70.5 Å².